The van der Waals surface area contributed by atoms with Crippen LogP contribution in [0.2, 0.25) is 0 Å². The van der Waals surface area contributed by atoms with Gasteiger partial charge in [-0.25, -0.2) is 0 Å². The van der Waals surface area contributed by atoms with Gasteiger partial charge in [-0.15, -0.1) is 0 Å². The van der Waals surface area contributed by atoms with Crippen LogP contribution in [0.25, 0.3) is 0 Å². The standard InChI is InChI=1S/C7H16N2.C4H8.2C2H6/c1-3-7-6-9(2)5-4-8-7;1-3-4-2;2*1-2/h7-8H,3-6H2,1-2H3;3-4H,1-2H3;2*1-2H3. The molecule has 1 N–H and O–H groups in total. The Balaban J connectivity index is -0.000000208. The maximum atomic E-state index is 3.46. The Labute approximate surface area is 110 Å². The minimum Gasteiger partial charge on any atom is -0.311 e. The van der Waals surface area contributed by atoms with Crippen LogP contribution in [-0.2, 0) is 0 Å². The maximum absolute atomic E-state index is 3.46. The lowest BCUT2D eigenvalue weighted by atomic mass is 10.2. The van der Waals surface area contributed by atoms with Crippen molar-refractivity contribution in [2.75, 3.05) is 26.7 Å². The van der Waals surface area contributed by atoms with Crippen molar-refractivity contribution in [3.05, 3.63) is 12.2 Å². The van der Waals surface area contributed by atoms with E-state index in [1.54, 1.807) is 0 Å². The fraction of sp³-hybridized carbons (Fsp3) is 0.867. The molecule has 1 unspecified atom stereocenters. The summed E-state index contributed by atoms with van der Waals surface area (Å²) in [6, 6.07) is 0.740. The molecule has 2 nitrogen and oxygen atoms in total. The first-order valence-corrected chi connectivity index (χ1v) is 7.23. The molecule has 1 rings (SSSR count). The third-order valence-corrected chi connectivity index (χ3v) is 2.28. The Morgan fingerprint density at radius 1 is 1.12 bits per heavy atom. The van der Waals surface area contributed by atoms with E-state index in [1.165, 1.54) is 19.5 Å². The summed E-state index contributed by atoms with van der Waals surface area (Å²) in [6.07, 6.45) is 5.25. The Kier molecular flexibility index (Phi) is 27.0. The highest BCUT2D eigenvalue weighted by atomic mass is 15.2. The second-order valence-electron chi connectivity index (χ2n) is 3.49. The molecule has 0 aromatic rings. The summed E-state index contributed by atoms with van der Waals surface area (Å²) in [6.45, 7) is 17.8. The average molecular weight is 244 g/mol. The van der Waals surface area contributed by atoms with Gasteiger partial charge in [0, 0.05) is 25.7 Å². The zero-order valence-electron chi connectivity index (χ0n) is 13.5. The lowest BCUT2D eigenvalue weighted by molar-refractivity contribution is 0.235. The number of piperazine rings is 1. The lowest BCUT2D eigenvalue weighted by Gasteiger charge is -2.29. The molecule has 0 aromatic carbocycles. The predicted molar refractivity (Wildman–Crippen MR) is 82.8 cm³/mol. The number of hydrogen-bond acceptors (Lipinski definition) is 2. The van der Waals surface area contributed by atoms with Gasteiger partial charge in [-0.3, -0.25) is 0 Å². The van der Waals surface area contributed by atoms with E-state index >= 15 is 0 Å². The first-order chi connectivity index (χ1) is 8.24. The van der Waals surface area contributed by atoms with Crippen molar-refractivity contribution in [3.63, 3.8) is 0 Å². The van der Waals surface area contributed by atoms with Gasteiger partial charge in [0.25, 0.3) is 0 Å². The van der Waals surface area contributed by atoms with E-state index < -0.39 is 0 Å². The average Bonchev–Trinajstić information content (AvgIpc) is 2.43. The number of nitrogens with one attached hydrogen (secondary N) is 1. The van der Waals surface area contributed by atoms with Crippen LogP contribution in [0.3, 0.4) is 0 Å². The fourth-order valence-corrected chi connectivity index (χ4v) is 1.27. The number of likely N-dealkylation sites (N-methyl/N-ethyl adjacent to an activating group) is 1. The summed E-state index contributed by atoms with van der Waals surface area (Å²) in [5, 5.41) is 3.46. The van der Waals surface area contributed by atoms with Crippen LogP contribution in [-0.4, -0.2) is 37.6 Å². The van der Waals surface area contributed by atoms with Crippen LogP contribution in [0.4, 0.5) is 0 Å². The second kappa shape index (κ2) is 21.0. The Hall–Kier alpha value is -0.340. The van der Waals surface area contributed by atoms with Crippen molar-refractivity contribution in [1.29, 1.82) is 0 Å². The summed E-state index contributed by atoms with van der Waals surface area (Å²) in [4.78, 5) is 2.38. The van der Waals surface area contributed by atoms with E-state index in [0.717, 1.165) is 12.6 Å². The zero-order chi connectivity index (χ0) is 14.1. The van der Waals surface area contributed by atoms with Crippen molar-refractivity contribution >= 4 is 0 Å². The normalized spacial score (nSPS) is 19.2. The molecular formula is C15H36N2. The van der Waals surface area contributed by atoms with E-state index in [1.807, 2.05) is 53.7 Å². The molecular weight excluding hydrogens is 208 g/mol. The third kappa shape index (κ3) is 18.2. The third-order valence-electron chi connectivity index (χ3n) is 2.28. The number of allylic oxidation sites excluding steroid dienone is 2. The molecule has 1 fully saturated rings. The van der Waals surface area contributed by atoms with Gasteiger partial charge in [0.1, 0.15) is 0 Å². The minimum absolute atomic E-state index is 0.740. The van der Waals surface area contributed by atoms with Crippen LogP contribution in [0.1, 0.15) is 54.9 Å². The van der Waals surface area contributed by atoms with Crippen LogP contribution in [0, 0.1) is 0 Å². The minimum atomic E-state index is 0.740. The first kappa shape index (κ1) is 21.9. The van der Waals surface area contributed by atoms with E-state index in [-0.39, 0.29) is 0 Å². The largest absolute Gasteiger partial charge is 0.311 e. The molecule has 1 heterocycles. The molecule has 1 saturated heterocycles. The van der Waals surface area contributed by atoms with Crippen molar-refractivity contribution in [2.45, 2.75) is 60.9 Å². The molecule has 0 amide bonds. The lowest BCUT2D eigenvalue weighted by Crippen LogP contribution is -2.48. The summed E-state index contributed by atoms with van der Waals surface area (Å²) in [5.41, 5.74) is 0. The quantitative estimate of drug-likeness (QED) is 0.703. The van der Waals surface area contributed by atoms with Crippen LogP contribution >= 0.6 is 0 Å². The van der Waals surface area contributed by atoms with Gasteiger partial charge in [-0.05, 0) is 27.3 Å². The Morgan fingerprint density at radius 3 is 1.82 bits per heavy atom. The smallest absolute Gasteiger partial charge is 0.0192 e. The van der Waals surface area contributed by atoms with Crippen molar-refractivity contribution in [3.8, 4) is 0 Å². The van der Waals surface area contributed by atoms with E-state index in [2.05, 4.69) is 24.2 Å². The molecule has 0 radical (unpaired) electrons. The Morgan fingerprint density at radius 2 is 1.59 bits per heavy atom. The van der Waals surface area contributed by atoms with E-state index in [0.29, 0.717) is 0 Å². The van der Waals surface area contributed by atoms with Gasteiger partial charge in [-0.1, -0.05) is 46.8 Å². The summed E-state index contributed by atoms with van der Waals surface area (Å²) >= 11 is 0. The van der Waals surface area contributed by atoms with E-state index in [4.69, 9.17) is 0 Å². The highest BCUT2D eigenvalue weighted by Crippen LogP contribution is 1.98. The van der Waals surface area contributed by atoms with Crippen LogP contribution < -0.4 is 5.32 Å². The van der Waals surface area contributed by atoms with Crippen LogP contribution in [0.15, 0.2) is 12.2 Å². The molecule has 0 spiro atoms. The highest BCUT2D eigenvalue weighted by molar-refractivity contribution is 4.74. The van der Waals surface area contributed by atoms with Gasteiger partial charge < -0.3 is 10.2 Å². The summed E-state index contributed by atoms with van der Waals surface area (Å²) in [7, 11) is 2.18. The molecule has 1 aliphatic rings. The molecule has 0 aromatic heterocycles. The molecule has 17 heavy (non-hydrogen) atoms. The molecule has 2 heteroatoms. The summed E-state index contributed by atoms with van der Waals surface area (Å²) < 4.78 is 0. The molecule has 0 bridgehead atoms. The van der Waals surface area contributed by atoms with Crippen molar-refractivity contribution < 1.29 is 0 Å². The topological polar surface area (TPSA) is 15.3 Å². The summed E-state index contributed by atoms with van der Waals surface area (Å²) in [5.74, 6) is 0. The molecule has 0 saturated carbocycles. The molecule has 0 aliphatic carbocycles. The second-order valence-corrected chi connectivity index (χ2v) is 3.49. The zero-order valence-corrected chi connectivity index (χ0v) is 13.5. The SMILES string of the molecule is CC.CC.CC=CC.CCC1CN(C)CCN1. The van der Waals surface area contributed by atoms with Gasteiger partial charge in [0.2, 0.25) is 0 Å². The highest BCUT2D eigenvalue weighted by Gasteiger charge is 2.12. The van der Waals surface area contributed by atoms with Gasteiger partial charge in [0.15, 0.2) is 0 Å². The number of rotatable bonds is 1. The number of nitrogens with zero attached hydrogens (tertiary/aromatic N) is 1. The monoisotopic (exact) mass is 244 g/mol. The first-order valence-electron chi connectivity index (χ1n) is 7.23. The van der Waals surface area contributed by atoms with Crippen molar-refractivity contribution in [2.24, 2.45) is 0 Å². The molecule has 1 atom stereocenters. The molecule has 1 aliphatic heterocycles. The van der Waals surface area contributed by atoms with Gasteiger partial charge in [0.05, 0.1) is 0 Å². The van der Waals surface area contributed by atoms with E-state index in [9.17, 15) is 0 Å². The predicted octanol–water partition coefficient (Wildman–Crippen LogP) is 3.93. The van der Waals surface area contributed by atoms with Crippen molar-refractivity contribution in [1.82, 2.24) is 10.2 Å². The van der Waals surface area contributed by atoms with Crippen LogP contribution in [0.5, 0.6) is 0 Å². The Bertz CT molecular complexity index is 129. The molecule has 106 valence electrons. The van der Waals surface area contributed by atoms with Gasteiger partial charge >= 0.3 is 0 Å². The fourth-order valence-electron chi connectivity index (χ4n) is 1.27. The number of hydrogen-bond donors (Lipinski definition) is 1. The van der Waals surface area contributed by atoms with Gasteiger partial charge in [-0.2, -0.15) is 0 Å². The maximum Gasteiger partial charge on any atom is 0.0192 e.